The van der Waals surface area contributed by atoms with Gasteiger partial charge in [0.15, 0.2) is 0 Å². The molecule has 0 saturated carbocycles. The van der Waals surface area contributed by atoms with Gasteiger partial charge in [0.2, 0.25) is 0 Å². The lowest BCUT2D eigenvalue weighted by molar-refractivity contribution is 0.0744. The number of aryl methyl sites for hydroxylation is 2. The smallest absolute Gasteiger partial charge is 0.265 e. The van der Waals surface area contributed by atoms with E-state index in [1.165, 1.54) is 11.3 Å². The predicted molar refractivity (Wildman–Crippen MR) is 122 cm³/mol. The second-order valence-electron chi connectivity index (χ2n) is 7.27. The summed E-state index contributed by atoms with van der Waals surface area (Å²) >= 11 is 1.40. The van der Waals surface area contributed by atoms with Gasteiger partial charge in [0.1, 0.15) is 0 Å². The summed E-state index contributed by atoms with van der Waals surface area (Å²) in [5.74, 6) is -0.293. The number of carbonyl (C=O) groups is 2. The van der Waals surface area contributed by atoms with Crippen molar-refractivity contribution < 1.29 is 14.3 Å². The minimum Gasteiger partial charge on any atom is -0.383 e. The van der Waals surface area contributed by atoms with Gasteiger partial charge in [-0.3, -0.25) is 9.59 Å². The fraction of sp³-hybridized carbons (Fsp3) is 0.250. The van der Waals surface area contributed by atoms with Crippen molar-refractivity contribution in [2.75, 3.05) is 32.6 Å². The number of thiophene rings is 1. The van der Waals surface area contributed by atoms with Gasteiger partial charge >= 0.3 is 0 Å². The predicted octanol–water partition coefficient (Wildman–Crippen LogP) is 5.00. The van der Waals surface area contributed by atoms with Gasteiger partial charge in [-0.05, 0) is 60.2 Å². The van der Waals surface area contributed by atoms with Crippen LogP contribution in [0.1, 0.15) is 31.2 Å². The van der Waals surface area contributed by atoms with Crippen LogP contribution in [0.25, 0.3) is 11.1 Å². The zero-order valence-electron chi connectivity index (χ0n) is 17.7. The second kappa shape index (κ2) is 9.69. The first-order chi connectivity index (χ1) is 14.4. The van der Waals surface area contributed by atoms with Crippen molar-refractivity contribution in [3.05, 3.63) is 75.5 Å². The van der Waals surface area contributed by atoms with Crippen LogP contribution >= 0.6 is 11.3 Å². The van der Waals surface area contributed by atoms with Crippen molar-refractivity contribution in [1.82, 2.24) is 4.90 Å². The molecule has 0 atom stereocenters. The summed E-state index contributed by atoms with van der Waals surface area (Å²) in [6.07, 6.45) is 0. The van der Waals surface area contributed by atoms with E-state index in [4.69, 9.17) is 4.74 Å². The number of ether oxygens (including phenoxy) is 1. The monoisotopic (exact) mass is 422 g/mol. The molecule has 0 radical (unpaired) electrons. The maximum absolute atomic E-state index is 13.0. The Morgan fingerprint density at radius 1 is 1.03 bits per heavy atom. The van der Waals surface area contributed by atoms with Crippen molar-refractivity contribution in [3.63, 3.8) is 0 Å². The Morgan fingerprint density at radius 3 is 2.40 bits per heavy atom. The summed E-state index contributed by atoms with van der Waals surface area (Å²) in [7, 11) is 3.35. The zero-order valence-corrected chi connectivity index (χ0v) is 18.5. The van der Waals surface area contributed by atoms with Gasteiger partial charge in [-0.2, -0.15) is 0 Å². The highest BCUT2D eigenvalue weighted by Gasteiger charge is 2.16. The molecule has 0 spiro atoms. The number of rotatable bonds is 7. The zero-order chi connectivity index (χ0) is 21.7. The van der Waals surface area contributed by atoms with Crippen molar-refractivity contribution in [2.24, 2.45) is 0 Å². The summed E-state index contributed by atoms with van der Waals surface area (Å²) in [5, 5.41) is 4.86. The minimum atomic E-state index is -0.172. The van der Waals surface area contributed by atoms with Crippen LogP contribution in [0.5, 0.6) is 0 Å². The van der Waals surface area contributed by atoms with Crippen LogP contribution in [-0.2, 0) is 4.74 Å². The molecule has 5 nitrogen and oxygen atoms in total. The number of hydrogen-bond acceptors (Lipinski definition) is 4. The van der Waals surface area contributed by atoms with E-state index in [1.807, 2.05) is 61.7 Å². The number of methoxy groups -OCH3 is 1. The topological polar surface area (TPSA) is 58.6 Å². The molecule has 6 heteroatoms. The van der Waals surface area contributed by atoms with Crippen LogP contribution in [0.4, 0.5) is 5.69 Å². The lowest BCUT2D eigenvalue weighted by Crippen LogP contribution is -2.30. The summed E-state index contributed by atoms with van der Waals surface area (Å²) in [6, 6.07) is 15.5. The number of amides is 2. The van der Waals surface area contributed by atoms with Gasteiger partial charge in [0.25, 0.3) is 11.8 Å². The van der Waals surface area contributed by atoms with E-state index in [0.717, 1.165) is 22.3 Å². The van der Waals surface area contributed by atoms with Gasteiger partial charge in [-0.25, -0.2) is 0 Å². The molecule has 156 valence electrons. The lowest BCUT2D eigenvalue weighted by Gasteiger charge is -2.18. The number of likely N-dealkylation sites (N-methyl/N-ethyl adjacent to an activating group) is 1. The van der Waals surface area contributed by atoms with Crippen LogP contribution in [0.2, 0.25) is 0 Å². The standard InChI is InChI=1S/C24H26N2O3S/c1-16-5-7-18(8-6-16)19-13-20(24(28)26(3)10-11-29-4)15-21(14-19)25-23(27)22-17(2)9-12-30-22/h5-9,12-15H,10-11H2,1-4H3,(H,25,27). The Balaban J connectivity index is 1.97. The lowest BCUT2D eigenvalue weighted by atomic mass is 10.0. The molecule has 0 aliphatic carbocycles. The number of benzene rings is 2. The largest absolute Gasteiger partial charge is 0.383 e. The third kappa shape index (κ3) is 5.14. The van der Waals surface area contributed by atoms with Crippen molar-refractivity contribution in [2.45, 2.75) is 13.8 Å². The Kier molecular flexibility index (Phi) is 7.03. The normalized spacial score (nSPS) is 10.7. The van der Waals surface area contributed by atoms with Crippen LogP contribution in [-0.4, -0.2) is 44.0 Å². The van der Waals surface area contributed by atoms with E-state index >= 15 is 0 Å². The summed E-state index contributed by atoms with van der Waals surface area (Å²) in [6.45, 7) is 4.89. The summed E-state index contributed by atoms with van der Waals surface area (Å²) < 4.78 is 5.08. The van der Waals surface area contributed by atoms with E-state index in [9.17, 15) is 9.59 Å². The molecule has 0 bridgehead atoms. The molecule has 2 amide bonds. The molecule has 1 heterocycles. The Hall–Kier alpha value is -2.96. The molecule has 0 unspecified atom stereocenters. The average molecular weight is 423 g/mol. The second-order valence-corrected chi connectivity index (χ2v) is 8.19. The summed E-state index contributed by atoms with van der Waals surface area (Å²) in [4.78, 5) is 28.0. The molecular formula is C24H26N2O3S. The van der Waals surface area contributed by atoms with Crippen LogP contribution in [0.3, 0.4) is 0 Å². The first-order valence-corrected chi connectivity index (χ1v) is 10.6. The first-order valence-electron chi connectivity index (χ1n) is 9.71. The number of anilines is 1. The van der Waals surface area contributed by atoms with Crippen LogP contribution in [0, 0.1) is 13.8 Å². The van der Waals surface area contributed by atoms with E-state index in [1.54, 1.807) is 25.1 Å². The summed E-state index contributed by atoms with van der Waals surface area (Å²) in [5.41, 5.74) is 5.06. The van der Waals surface area contributed by atoms with Crippen molar-refractivity contribution in [3.8, 4) is 11.1 Å². The fourth-order valence-corrected chi connectivity index (χ4v) is 3.90. The SMILES string of the molecule is COCCN(C)C(=O)c1cc(NC(=O)c2sccc2C)cc(-c2ccc(C)cc2)c1. The molecule has 0 saturated heterocycles. The Morgan fingerprint density at radius 2 is 1.77 bits per heavy atom. The molecular weight excluding hydrogens is 396 g/mol. The van der Waals surface area contributed by atoms with Gasteiger partial charge in [0, 0.05) is 32.0 Å². The molecule has 1 aromatic heterocycles. The quantitative estimate of drug-likeness (QED) is 0.583. The highest BCUT2D eigenvalue weighted by molar-refractivity contribution is 7.12. The third-order valence-electron chi connectivity index (χ3n) is 4.87. The Labute approximate surface area is 181 Å². The van der Waals surface area contributed by atoms with E-state index in [2.05, 4.69) is 5.32 Å². The molecule has 0 aliphatic heterocycles. The molecule has 0 fully saturated rings. The van der Waals surface area contributed by atoms with Crippen LogP contribution in [0.15, 0.2) is 53.9 Å². The number of hydrogen-bond donors (Lipinski definition) is 1. The van der Waals surface area contributed by atoms with Gasteiger partial charge in [-0.15, -0.1) is 11.3 Å². The van der Waals surface area contributed by atoms with Gasteiger partial charge in [0.05, 0.1) is 11.5 Å². The maximum Gasteiger partial charge on any atom is 0.265 e. The van der Waals surface area contributed by atoms with E-state index in [-0.39, 0.29) is 11.8 Å². The minimum absolute atomic E-state index is 0.121. The molecule has 3 aromatic rings. The van der Waals surface area contributed by atoms with E-state index in [0.29, 0.717) is 29.3 Å². The third-order valence-corrected chi connectivity index (χ3v) is 5.88. The molecule has 1 N–H and O–H groups in total. The van der Waals surface area contributed by atoms with Crippen molar-refractivity contribution in [1.29, 1.82) is 0 Å². The Bertz CT molecular complexity index is 1040. The highest BCUT2D eigenvalue weighted by Crippen LogP contribution is 2.27. The molecule has 3 rings (SSSR count). The number of nitrogens with one attached hydrogen (secondary N) is 1. The molecule has 30 heavy (non-hydrogen) atoms. The van der Waals surface area contributed by atoms with Crippen LogP contribution < -0.4 is 5.32 Å². The number of carbonyl (C=O) groups excluding carboxylic acids is 2. The van der Waals surface area contributed by atoms with E-state index < -0.39 is 0 Å². The molecule has 2 aromatic carbocycles. The van der Waals surface area contributed by atoms with Gasteiger partial charge < -0.3 is 15.0 Å². The maximum atomic E-state index is 13.0. The number of nitrogens with zero attached hydrogens (tertiary/aromatic N) is 1. The first kappa shape index (κ1) is 21.7. The fourth-order valence-electron chi connectivity index (χ4n) is 3.08. The molecule has 0 aliphatic rings. The van der Waals surface area contributed by atoms with Crippen molar-refractivity contribution >= 4 is 28.8 Å². The van der Waals surface area contributed by atoms with Gasteiger partial charge in [-0.1, -0.05) is 29.8 Å². The highest BCUT2D eigenvalue weighted by atomic mass is 32.1. The average Bonchev–Trinajstić information content (AvgIpc) is 3.17.